The summed E-state index contributed by atoms with van der Waals surface area (Å²) in [5, 5.41) is 2.55. The van der Waals surface area contributed by atoms with Gasteiger partial charge in [0.1, 0.15) is 0 Å². The topological polar surface area (TPSA) is 59.1 Å². The minimum atomic E-state index is -0.619. The largest absolute Gasteiger partial charge is 0.344 e. The van der Waals surface area contributed by atoms with Gasteiger partial charge in [0.25, 0.3) is 5.91 Å². The number of Topliss-reactive ketones (excluding diaryl/α,β-unsaturated/α-hetero) is 1. The maximum Gasteiger partial charge on any atom is 0.292 e. The minimum absolute atomic E-state index is 0.248. The summed E-state index contributed by atoms with van der Waals surface area (Å²) in [6.07, 6.45) is 1.64. The van der Waals surface area contributed by atoms with Crippen molar-refractivity contribution in [2.24, 2.45) is 0 Å². The summed E-state index contributed by atoms with van der Waals surface area (Å²) in [6.45, 7) is 0.248. The van der Waals surface area contributed by atoms with Gasteiger partial charge in [-0.1, -0.05) is 36.4 Å². The van der Waals surface area contributed by atoms with Crippen LogP contribution in [-0.4, -0.2) is 16.7 Å². The number of rotatable bonds is 4. The van der Waals surface area contributed by atoms with E-state index in [9.17, 15) is 9.59 Å². The van der Waals surface area contributed by atoms with Crippen LogP contribution in [0.5, 0.6) is 0 Å². The molecule has 4 heteroatoms. The highest BCUT2D eigenvalue weighted by Gasteiger charge is 2.14. The lowest BCUT2D eigenvalue weighted by Crippen LogP contribution is -2.30. The first kappa shape index (κ1) is 12.0. The van der Waals surface area contributed by atoms with Crippen molar-refractivity contribution in [1.29, 1.82) is 0 Å². The van der Waals surface area contributed by atoms with Crippen molar-refractivity contribution in [2.75, 3.05) is 0 Å². The van der Waals surface area contributed by atoms with Gasteiger partial charge in [0.2, 0.25) is 5.78 Å². The normalized spacial score (nSPS) is 9.78. The third-order valence-electron chi connectivity index (χ3n) is 2.40. The van der Waals surface area contributed by atoms with Crippen LogP contribution in [0.4, 0.5) is 0 Å². The fourth-order valence-corrected chi connectivity index (χ4v) is 1.47. The lowest BCUT2D eigenvalue weighted by atomic mass is 10.1. The highest BCUT2D eigenvalue weighted by molar-refractivity contribution is 6.42. The van der Waals surface area contributed by atoms with Crippen LogP contribution >= 0.6 is 0 Å². The second-order valence-corrected chi connectivity index (χ2v) is 3.70. The zero-order valence-corrected chi connectivity index (χ0v) is 9.67. The maximum atomic E-state index is 11.7. The lowest BCUT2D eigenvalue weighted by Gasteiger charge is -2.03. The number of ketones is 1. The summed E-state index contributed by atoms with van der Waals surface area (Å²) < 4.78 is 0. The Bertz CT molecular complexity index is 538. The molecule has 0 fully saturated rings. The van der Waals surface area contributed by atoms with E-state index in [-0.39, 0.29) is 6.54 Å². The first-order chi connectivity index (χ1) is 8.77. The van der Waals surface area contributed by atoms with Crippen LogP contribution in [0.15, 0.2) is 54.7 Å². The summed E-state index contributed by atoms with van der Waals surface area (Å²) in [6, 6.07) is 13.9. The monoisotopic (exact) mass is 240 g/mol. The molecule has 18 heavy (non-hydrogen) atoms. The molecule has 4 nitrogen and oxygen atoms in total. The Morgan fingerprint density at radius 3 is 2.39 bits per heavy atom. The van der Waals surface area contributed by atoms with Crippen molar-refractivity contribution >= 4 is 11.7 Å². The van der Waals surface area contributed by atoms with Gasteiger partial charge in [-0.15, -0.1) is 0 Å². The molecule has 0 aliphatic heterocycles. The van der Waals surface area contributed by atoms with Crippen LogP contribution in [0.3, 0.4) is 0 Å². The average molecular weight is 240 g/mol. The van der Waals surface area contributed by atoms with Crippen LogP contribution in [0, 0.1) is 0 Å². The summed E-state index contributed by atoms with van der Waals surface area (Å²) in [7, 11) is 0. The van der Waals surface area contributed by atoms with Crippen molar-refractivity contribution in [1.82, 2.24) is 10.3 Å². The Labute approximate surface area is 105 Å². The van der Waals surface area contributed by atoms with Crippen molar-refractivity contribution in [3.05, 3.63) is 66.0 Å². The number of nitrogens with zero attached hydrogens (tertiary/aromatic N) is 1. The first-order valence-electron chi connectivity index (χ1n) is 5.55. The highest BCUT2D eigenvalue weighted by Crippen LogP contribution is 2.00. The molecular weight excluding hydrogens is 228 g/mol. The molecule has 1 aromatic heterocycles. The number of pyridine rings is 1. The molecule has 0 saturated heterocycles. The van der Waals surface area contributed by atoms with E-state index in [4.69, 9.17) is 0 Å². The fourth-order valence-electron chi connectivity index (χ4n) is 1.47. The van der Waals surface area contributed by atoms with Gasteiger partial charge in [-0.3, -0.25) is 14.6 Å². The molecule has 0 radical (unpaired) electrons. The Morgan fingerprint density at radius 1 is 1.00 bits per heavy atom. The van der Waals surface area contributed by atoms with Crippen molar-refractivity contribution in [3.8, 4) is 0 Å². The first-order valence-corrected chi connectivity index (χ1v) is 5.55. The smallest absolute Gasteiger partial charge is 0.292 e. The average Bonchev–Trinajstić information content (AvgIpc) is 2.46. The molecule has 1 aromatic carbocycles. The van der Waals surface area contributed by atoms with Gasteiger partial charge in [-0.05, 0) is 12.1 Å². The Kier molecular flexibility index (Phi) is 3.81. The predicted octanol–water partition coefficient (Wildman–Crippen LogP) is 1.58. The SMILES string of the molecule is O=C(NCc1ccccn1)C(=O)c1ccccc1. The number of nitrogens with one attached hydrogen (secondary N) is 1. The highest BCUT2D eigenvalue weighted by atomic mass is 16.2. The second-order valence-electron chi connectivity index (χ2n) is 3.70. The van der Waals surface area contributed by atoms with Gasteiger partial charge >= 0.3 is 0 Å². The number of carbonyl (C=O) groups is 2. The molecule has 0 aliphatic rings. The van der Waals surface area contributed by atoms with Crippen LogP contribution in [-0.2, 0) is 11.3 Å². The molecule has 0 spiro atoms. The van der Waals surface area contributed by atoms with Gasteiger partial charge in [-0.25, -0.2) is 0 Å². The van der Waals surface area contributed by atoms with E-state index >= 15 is 0 Å². The van der Waals surface area contributed by atoms with Gasteiger partial charge in [0.15, 0.2) is 0 Å². The van der Waals surface area contributed by atoms with Gasteiger partial charge in [-0.2, -0.15) is 0 Å². The van der Waals surface area contributed by atoms with Crippen LogP contribution in [0.1, 0.15) is 16.1 Å². The summed E-state index contributed by atoms with van der Waals surface area (Å²) >= 11 is 0. The van der Waals surface area contributed by atoms with E-state index in [0.717, 1.165) is 0 Å². The van der Waals surface area contributed by atoms with E-state index in [2.05, 4.69) is 10.3 Å². The van der Waals surface area contributed by atoms with Crippen molar-refractivity contribution in [2.45, 2.75) is 6.54 Å². The molecular formula is C14H12N2O2. The Hall–Kier alpha value is -2.49. The van der Waals surface area contributed by atoms with Crippen LogP contribution in [0.25, 0.3) is 0 Å². The fraction of sp³-hybridized carbons (Fsp3) is 0.0714. The van der Waals surface area contributed by atoms with Crippen LogP contribution < -0.4 is 5.32 Å². The van der Waals surface area contributed by atoms with E-state index < -0.39 is 11.7 Å². The van der Waals surface area contributed by atoms with E-state index in [1.54, 1.807) is 48.7 Å². The number of aromatic nitrogens is 1. The molecule has 0 bridgehead atoms. The Balaban J connectivity index is 1.95. The Morgan fingerprint density at radius 2 is 1.72 bits per heavy atom. The molecule has 0 saturated carbocycles. The summed E-state index contributed by atoms with van der Waals surface area (Å²) in [4.78, 5) is 27.4. The predicted molar refractivity (Wildman–Crippen MR) is 66.9 cm³/mol. The molecule has 0 aliphatic carbocycles. The second kappa shape index (κ2) is 5.72. The van der Waals surface area contributed by atoms with Gasteiger partial charge < -0.3 is 5.32 Å². The standard InChI is InChI=1S/C14H12N2O2/c17-13(11-6-2-1-3-7-11)14(18)16-10-12-8-4-5-9-15-12/h1-9H,10H2,(H,16,18). The molecule has 2 aromatic rings. The molecule has 1 heterocycles. The number of benzene rings is 1. The molecule has 1 amide bonds. The molecule has 0 atom stereocenters. The third kappa shape index (κ3) is 3.01. The van der Waals surface area contributed by atoms with Crippen molar-refractivity contribution in [3.63, 3.8) is 0 Å². The molecule has 0 unspecified atom stereocenters. The van der Waals surface area contributed by atoms with Gasteiger partial charge in [0, 0.05) is 11.8 Å². The number of hydrogen-bond donors (Lipinski definition) is 1. The van der Waals surface area contributed by atoms with E-state index in [0.29, 0.717) is 11.3 Å². The lowest BCUT2D eigenvalue weighted by molar-refractivity contribution is -0.117. The quantitative estimate of drug-likeness (QED) is 0.652. The van der Waals surface area contributed by atoms with Crippen LogP contribution in [0.2, 0.25) is 0 Å². The summed E-state index contributed by atoms with van der Waals surface area (Å²) in [5.74, 6) is -1.15. The van der Waals surface area contributed by atoms with Gasteiger partial charge in [0.05, 0.1) is 12.2 Å². The third-order valence-corrected chi connectivity index (χ3v) is 2.40. The van der Waals surface area contributed by atoms with E-state index in [1.165, 1.54) is 0 Å². The number of hydrogen-bond acceptors (Lipinski definition) is 3. The minimum Gasteiger partial charge on any atom is -0.344 e. The summed E-state index contributed by atoms with van der Waals surface area (Å²) in [5.41, 5.74) is 1.10. The maximum absolute atomic E-state index is 11.7. The number of carbonyl (C=O) groups excluding carboxylic acids is 2. The molecule has 1 N–H and O–H groups in total. The zero-order valence-electron chi connectivity index (χ0n) is 9.67. The molecule has 2 rings (SSSR count). The van der Waals surface area contributed by atoms with E-state index in [1.807, 2.05) is 6.07 Å². The number of amides is 1. The molecule has 90 valence electrons. The van der Waals surface area contributed by atoms with Crippen molar-refractivity contribution < 1.29 is 9.59 Å². The zero-order chi connectivity index (χ0) is 12.8.